The smallest absolute Gasteiger partial charge is 0.269 e. The minimum atomic E-state index is -0.402. The van der Waals surface area contributed by atoms with Gasteiger partial charge in [-0.05, 0) is 30.4 Å². The van der Waals surface area contributed by atoms with Crippen molar-refractivity contribution in [2.45, 2.75) is 45.2 Å². The van der Waals surface area contributed by atoms with E-state index >= 15 is 0 Å². The summed E-state index contributed by atoms with van der Waals surface area (Å²) in [5, 5.41) is 17.5. The van der Waals surface area contributed by atoms with Gasteiger partial charge in [0.1, 0.15) is 0 Å². The molecule has 1 amide bonds. The molecule has 1 heterocycles. The number of guanidine groups is 1. The number of benzene rings is 2. The molecule has 2 aromatic carbocycles. The van der Waals surface area contributed by atoms with Crippen molar-refractivity contribution < 1.29 is 9.72 Å². The Morgan fingerprint density at radius 3 is 2.48 bits per heavy atom. The molecule has 0 saturated carbocycles. The number of amides is 1. The zero-order valence-corrected chi connectivity index (χ0v) is 21.1. The summed E-state index contributed by atoms with van der Waals surface area (Å²) >= 11 is 0. The third-order valence-electron chi connectivity index (χ3n) is 5.44. The number of rotatable bonds is 9. The van der Waals surface area contributed by atoms with Crippen LogP contribution in [-0.2, 0) is 17.9 Å². The molecule has 2 N–H and O–H groups in total. The predicted octanol–water partition coefficient (Wildman–Crippen LogP) is 4.24. The minimum absolute atomic E-state index is 0. The van der Waals surface area contributed by atoms with Gasteiger partial charge in [-0.15, -0.1) is 24.0 Å². The van der Waals surface area contributed by atoms with Crippen molar-refractivity contribution in [1.82, 2.24) is 15.5 Å². The first kappa shape index (κ1) is 26.6. The molecule has 1 saturated heterocycles. The zero-order valence-electron chi connectivity index (χ0n) is 18.7. The maximum Gasteiger partial charge on any atom is 0.269 e. The third-order valence-corrected chi connectivity index (χ3v) is 5.44. The molecule has 3 rings (SSSR count). The van der Waals surface area contributed by atoms with Crippen LogP contribution in [0.15, 0.2) is 59.6 Å². The maximum absolute atomic E-state index is 12.2. The second kappa shape index (κ2) is 14.5. The molecule has 0 spiro atoms. The topological polar surface area (TPSA) is 99.9 Å². The number of carbonyl (C=O) groups excluding carboxylic acids is 1. The number of nitrogens with one attached hydrogen (secondary N) is 2. The standard InChI is InChI=1S/C24H31N5O3.HI/c30-23-10-5-2-6-16-28(23)17-7-15-25-24(26-18-20-8-3-1-4-9-20)27-19-21-11-13-22(14-12-21)29(31)32;/h1,3-4,8-9,11-14H,2,5-7,10,15-19H2,(H2,25,26,27);1H. The van der Waals surface area contributed by atoms with Crippen LogP contribution in [0, 0.1) is 10.1 Å². The van der Waals surface area contributed by atoms with E-state index in [9.17, 15) is 14.9 Å². The molecule has 8 nitrogen and oxygen atoms in total. The lowest BCUT2D eigenvalue weighted by molar-refractivity contribution is -0.384. The first-order valence-electron chi connectivity index (χ1n) is 11.2. The van der Waals surface area contributed by atoms with Gasteiger partial charge in [0.2, 0.25) is 5.91 Å². The number of hydrogen-bond donors (Lipinski definition) is 2. The van der Waals surface area contributed by atoms with E-state index in [0.717, 1.165) is 49.9 Å². The number of likely N-dealkylation sites (tertiary alicyclic amines) is 1. The fourth-order valence-corrected chi connectivity index (χ4v) is 3.60. The molecule has 1 fully saturated rings. The molecule has 9 heteroatoms. The summed E-state index contributed by atoms with van der Waals surface area (Å²) in [6, 6.07) is 16.5. The average Bonchev–Trinajstić information content (AvgIpc) is 3.02. The van der Waals surface area contributed by atoms with Gasteiger partial charge in [-0.2, -0.15) is 0 Å². The van der Waals surface area contributed by atoms with E-state index in [1.54, 1.807) is 12.1 Å². The molecule has 2 aromatic rings. The van der Waals surface area contributed by atoms with Gasteiger partial charge in [-0.3, -0.25) is 14.9 Å². The van der Waals surface area contributed by atoms with Crippen molar-refractivity contribution in [3.63, 3.8) is 0 Å². The minimum Gasteiger partial charge on any atom is -0.356 e. The molecule has 0 bridgehead atoms. The third kappa shape index (κ3) is 9.37. The van der Waals surface area contributed by atoms with Crippen LogP contribution in [-0.4, -0.2) is 41.3 Å². The number of nitro benzene ring substituents is 1. The van der Waals surface area contributed by atoms with Crippen LogP contribution in [0.3, 0.4) is 0 Å². The first-order valence-corrected chi connectivity index (χ1v) is 11.2. The van der Waals surface area contributed by atoms with Crippen molar-refractivity contribution >= 4 is 41.5 Å². The molecule has 0 aromatic heterocycles. The number of hydrogen-bond acceptors (Lipinski definition) is 4. The highest BCUT2D eigenvalue weighted by molar-refractivity contribution is 14.0. The van der Waals surface area contributed by atoms with Gasteiger partial charge >= 0.3 is 0 Å². The summed E-state index contributed by atoms with van der Waals surface area (Å²) in [7, 11) is 0. The van der Waals surface area contributed by atoms with E-state index in [4.69, 9.17) is 0 Å². The Labute approximate surface area is 212 Å². The molecule has 1 aliphatic heterocycles. The molecule has 178 valence electrons. The van der Waals surface area contributed by atoms with E-state index in [1.165, 1.54) is 12.1 Å². The number of non-ortho nitro benzene ring substituents is 1. The summed E-state index contributed by atoms with van der Waals surface area (Å²) < 4.78 is 0. The van der Waals surface area contributed by atoms with Crippen LogP contribution in [0.4, 0.5) is 5.69 Å². The summed E-state index contributed by atoms with van der Waals surface area (Å²) in [6.07, 6.45) is 4.71. The summed E-state index contributed by atoms with van der Waals surface area (Å²) in [6.45, 7) is 3.35. The molecular formula is C24H32IN5O3. The monoisotopic (exact) mass is 565 g/mol. The van der Waals surface area contributed by atoms with Crippen molar-refractivity contribution in [3.8, 4) is 0 Å². The second-order valence-corrected chi connectivity index (χ2v) is 7.90. The lowest BCUT2D eigenvalue weighted by atomic mass is 10.2. The Hall–Kier alpha value is -2.69. The van der Waals surface area contributed by atoms with Crippen LogP contribution < -0.4 is 10.6 Å². The van der Waals surface area contributed by atoms with Crippen LogP contribution in [0.25, 0.3) is 0 Å². The molecule has 0 radical (unpaired) electrons. The van der Waals surface area contributed by atoms with Crippen LogP contribution in [0.5, 0.6) is 0 Å². The normalized spacial score (nSPS) is 14.2. The van der Waals surface area contributed by atoms with E-state index in [0.29, 0.717) is 32.0 Å². The van der Waals surface area contributed by atoms with E-state index in [1.807, 2.05) is 35.2 Å². The van der Waals surface area contributed by atoms with Gasteiger partial charge in [0.15, 0.2) is 5.96 Å². The molecular weight excluding hydrogens is 533 g/mol. The Bertz CT molecular complexity index is 906. The van der Waals surface area contributed by atoms with E-state index in [-0.39, 0.29) is 35.6 Å². The number of nitro groups is 1. The molecule has 1 aliphatic rings. The molecule has 0 aliphatic carbocycles. The Kier molecular flexibility index (Phi) is 11.6. The first-order chi connectivity index (χ1) is 15.6. The highest BCUT2D eigenvalue weighted by atomic mass is 127. The van der Waals surface area contributed by atoms with Gasteiger partial charge in [-0.1, -0.05) is 48.9 Å². The van der Waals surface area contributed by atoms with Crippen molar-refractivity contribution in [3.05, 3.63) is 75.8 Å². The van der Waals surface area contributed by atoms with Crippen molar-refractivity contribution in [2.75, 3.05) is 19.6 Å². The number of nitrogens with zero attached hydrogens (tertiary/aromatic N) is 3. The van der Waals surface area contributed by atoms with Gasteiger partial charge in [0.25, 0.3) is 5.69 Å². The highest BCUT2D eigenvalue weighted by Gasteiger charge is 2.15. The fraction of sp³-hybridized carbons (Fsp3) is 0.417. The fourth-order valence-electron chi connectivity index (χ4n) is 3.60. The van der Waals surface area contributed by atoms with Gasteiger partial charge < -0.3 is 15.5 Å². The lowest BCUT2D eigenvalue weighted by Gasteiger charge is -2.21. The van der Waals surface area contributed by atoms with E-state index < -0.39 is 4.92 Å². The Balaban J connectivity index is 0.00000385. The molecule has 0 atom stereocenters. The summed E-state index contributed by atoms with van der Waals surface area (Å²) in [5.74, 6) is 0.936. The lowest BCUT2D eigenvalue weighted by Crippen LogP contribution is -2.39. The van der Waals surface area contributed by atoms with Crippen LogP contribution >= 0.6 is 24.0 Å². The molecule has 0 unspecified atom stereocenters. The van der Waals surface area contributed by atoms with Crippen molar-refractivity contribution in [2.24, 2.45) is 4.99 Å². The summed E-state index contributed by atoms with van der Waals surface area (Å²) in [5.41, 5.74) is 2.12. The predicted molar refractivity (Wildman–Crippen MR) is 141 cm³/mol. The van der Waals surface area contributed by atoms with Crippen LogP contribution in [0.1, 0.15) is 43.2 Å². The number of aliphatic imine (C=N–C) groups is 1. The van der Waals surface area contributed by atoms with Gasteiger partial charge in [-0.25, -0.2) is 4.99 Å². The Morgan fingerprint density at radius 2 is 1.76 bits per heavy atom. The average molecular weight is 565 g/mol. The Morgan fingerprint density at radius 1 is 1.00 bits per heavy atom. The maximum atomic E-state index is 12.2. The largest absolute Gasteiger partial charge is 0.356 e. The SMILES string of the molecule is I.O=C1CCCCCN1CCCNC(=NCc1ccccc1)NCc1ccc([N+](=O)[O-])cc1. The zero-order chi connectivity index (χ0) is 22.6. The molecule has 33 heavy (non-hydrogen) atoms. The highest BCUT2D eigenvalue weighted by Crippen LogP contribution is 2.12. The van der Waals surface area contributed by atoms with Gasteiger partial charge in [0, 0.05) is 44.7 Å². The van der Waals surface area contributed by atoms with Crippen LogP contribution in [0.2, 0.25) is 0 Å². The second-order valence-electron chi connectivity index (χ2n) is 7.90. The quantitative estimate of drug-likeness (QED) is 0.118. The summed E-state index contributed by atoms with van der Waals surface area (Å²) in [4.78, 5) is 29.2. The van der Waals surface area contributed by atoms with Gasteiger partial charge in [0.05, 0.1) is 11.5 Å². The van der Waals surface area contributed by atoms with Crippen molar-refractivity contribution in [1.29, 1.82) is 0 Å². The number of carbonyl (C=O) groups is 1. The van der Waals surface area contributed by atoms with E-state index in [2.05, 4.69) is 15.6 Å². The number of halogens is 1.